The van der Waals surface area contributed by atoms with E-state index in [1.54, 1.807) is 36.0 Å². The second-order valence-corrected chi connectivity index (χ2v) is 6.04. The predicted molar refractivity (Wildman–Crippen MR) is 87.4 cm³/mol. The van der Waals surface area contributed by atoms with Crippen molar-refractivity contribution < 1.29 is 9.90 Å². The molecule has 1 aromatic rings. The van der Waals surface area contributed by atoms with Crippen molar-refractivity contribution in [2.45, 2.75) is 12.5 Å². The van der Waals surface area contributed by atoms with Crippen LogP contribution in [-0.2, 0) is 4.79 Å². The molecular weight excluding hydrogens is 306 g/mol. The number of halogens is 1. The molecule has 0 bridgehead atoms. The van der Waals surface area contributed by atoms with E-state index in [1.807, 2.05) is 11.2 Å². The van der Waals surface area contributed by atoms with Gasteiger partial charge in [0.2, 0.25) is 0 Å². The Bertz CT molecular complexity index is 621. The molecule has 0 fully saturated rings. The minimum atomic E-state index is -0.910. The quantitative estimate of drug-likeness (QED) is 0.863. The number of carboxylic acids is 1. The van der Waals surface area contributed by atoms with Gasteiger partial charge < -0.3 is 5.11 Å². The third kappa shape index (κ3) is 3.44. The molecule has 0 radical (unpaired) electrons. The van der Waals surface area contributed by atoms with E-state index in [4.69, 9.17) is 18.0 Å². The lowest BCUT2D eigenvalue weighted by Gasteiger charge is -2.33. The maximum absolute atomic E-state index is 11.7. The highest BCUT2D eigenvalue weighted by atomic mass is 35.5. The third-order valence-corrected chi connectivity index (χ3v) is 4.83. The molecule has 0 saturated carbocycles. The van der Waals surface area contributed by atoms with Crippen LogP contribution in [0.1, 0.15) is 18.0 Å². The van der Waals surface area contributed by atoms with Crippen molar-refractivity contribution in [2.24, 2.45) is 0 Å². The second-order valence-electron chi connectivity index (χ2n) is 4.73. The first-order valence-electron chi connectivity index (χ1n) is 6.52. The average molecular weight is 322 g/mol. The summed E-state index contributed by atoms with van der Waals surface area (Å²) in [5.74, 6) is 1.78. The van der Waals surface area contributed by atoms with Crippen LogP contribution in [0.4, 0.5) is 0 Å². The highest BCUT2D eigenvalue weighted by Crippen LogP contribution is 2.33. The van der Waals surface area contributed by atoms with Gasteiger partial charge in [-0.15, -0.1) is 18.2 Å². The van der Waals surface area contributed by atoms with Crippen molar-refractivity contribution in [3.05, 3.63) is 45.3 Å². The zero-order valence-corrected chi connectivity index (χ0v) is 13.2. The molecule has 21 heavy (non-hydrogen) atoms. The SMILES string of the molecule is C#CC1=C(SC)CCN(C(C(=O)O)c2ccccc2Cl)C1. The molecule has 1 unspecified atom stereocenters. The van der Waals surface area contributed by atoms with Gasteiger partial charge in [0.05, 0.1) is 0 Å². The van der Waals surface area contributed by atoms with Crippen LogP contribution < -0.4 is 0 Å². The molecule has 1 N–H and O–H groups in total. The summed E-state index contributed by atoms with van der Waals surface area (Å²) < 4.78 is 0. The number of carboxylic acid groups (broad SMARTS) is 1. The first-order chi connectivity index (χ1) is 10.1. The maximum atomic E-state index is 11.7. The Morgan fingerprint density at radius 3 is 2.81 bits per heavy atom. The summed E-state index contributed by atoms with van der Waals surface area (Å²) in [6.45, 7) is 1.12. The molecule has 0 saturated heterocycles. The summed E-state index contributed by atoms with van der Waals surface area (Å²) in [5, 5.41) is 10.1. The van der Waals surface area contributed by atoms with Gasteiger partial charge in [-0.25, -0.2) is 0 Å². The summed E-state index contributed by atoms with van der Waals surface area (Å²) in [6, 6.07) is 6.28. The van der Waals surface area contributed by atoms with Gasteiger partial charge in [-0.3, -0.25) is 9.69 Å². The topological polar surface area (TPSA) is 40.5 Å². The fourth-order valence-corrected chi connectivity index (χ4v) is 3.43. The number of thioether (sulfide) groups is 1. The molecule has 5 heteroatoms. The number of terminal acetylenes is 1. The lowest BCUT2D eigenvalue weighted by atomic mass is 10.0. The van der Waals surface area contributed by atoms with E-state index < -0.39 is 12.0 Å². The van der Waals surface area contributed by atoms with Crippen molar-refractivity contribution in [3.63, 3.8) is 0 Å². The lowest BCUT2D eigenvalue weighted by Crippen LogP contribution is -2.38. The first-order valence-corrected chi connectivity index (χ1v) is 8.12. The molecule has 0 spiro atoms. The first kappa shape index (κ1) is 16.0. The molecule has 1 aromatic carbocycles. The van der Waals surface area contributed by atoms with Crippen molar-refractivity contribution in [1.82, 2.24) is 4.90 Å². The largest absolute Gasteiger partial charge is 0.480 e. The molecule has 0 aliphatic carbocycles. The summed E-state index contributed by atoms with van der Waals surface area (Å²) in [4.78, 5) is 14.8. The van der Waals surface area contributed by atoms with E-state index in [9.17, 15) is 9.90 Å². The normalized spacial score (nSPS) is 17.4. The molecule has 2 rings (SSSR count). The number of nitrogens with zero attached hydrogens (tertiary/aromatic N) is 1. The minimum absolute atomic E-state index is 0.465. The number of hydrogen-bond donors (Lipinski definition) is 1. The molecule has 1 aliphatic heterocycles. The van der Waals surface area contributed by atoms with Crippen LogP contribution in [0, 0.1) is 12.3 Å². The fourth-order valence-electron chi connectivity index (χ4n) is 2.52. The van der Waals surface area contributed by atoms with Crippen molar-refractivity contribution >= 4 is 29.3 Å². The number of benzene rings is 1. The fraction of sp³-hybridized carbons (Fsp3) is 0.312. The molecule has 1 heterocycles. The summed E-state index contributed by atoms with van der Waals surface area (Å²) in [6.07, 6.45) is 8.32. The van der Waals surface area contributed by atoms with Crippen LogP contribution in [0.3, 0.4) is 0 Å². The van der Waals surface area contributed by atoms with Crippen molar-refractivity contribution in [1.29, 1.82) is 0 Å². The summed E-state index contributed by atoms with van der Waals surface area (Å²) in [5.41, 5.74) is 1.47. The highest BCUT2D eigenvalue weighted by molar-refractivity contribution is 8.02. The molecule has 1 aliphatic rings. The highest BCUT2D eigenvalue weighted by Gasteiger charge is 2.31. The number of rotatable bonds is 4. The van der Waals surface area contributed by atoms with Crippen molar-refractivity contribution in [2.75, 3.05) is 19.3 Å². The van der Waals surface area contributed by atoms with E-state index in [0.717, 1.165) is 16.9 Å². The summed E-state index contributed by atoms with van der Waals surface area (Å²) >= 11 is 7.80. The molecule has 0 amide bonds. The van der Waals surface area contributed by atoms with Crippen LogP contribution in [0.25, 0.3) is 0 Å². The average Bonchev–Trinajstić information content (AvgIpc) is 2.49. The molecule has 1 atom stereocenters. The van der Waals surface area contributed by atoms with Crippen LogP contribution in [-0.4, -0.2) is 35.3 Å². The van der Waals surface area contributed by atoms with Gasteiger partial charge in [-0.1, -0.05) is 35.7 Å². The zero-order valence-electron chi connectivity index (χ0n) is 11.7. The third-order valence-electron chi connectivity index (χ3n) is 3.54. The molecule has 0 aromatic heterocycles. The van der Waals surface area contributed by atoms with E-state index >= 15 is 0 Å². The van der Waals surface area contributed by atoms with Crippen LogP contribution in [0.15, 0.2) is 34.7 Å². The Labute approximate surface area is 134 Å². The van der Waals surface area contributed by atoms with Crippen LogP contribution in [0.5, 0.6) is 0 Å². The smallest absolute Gasteiger partial charge is 0.325 e. The van der Waals surface area contributed by atoms with Gasteiger partial charge in [0.1, 0.15) is 6.04 Å². The summed E-state index contributed by atoms with van der Waals surface area (Å²) in [7, 11) is 0. The van der Waals surface area contributed by atoms with Gasteiger partial charge in [0.15, 0.2) is 0 Å². The Morgan fingerprint density at radius 1 is 1.52 bits per heavy atom. The van der Waals surface area contributed by atoms with Crippen molar-refractivity contribution in [3.8, 4) is 12.3 Å². The predicted octanol–water partition coefficient (Wildman–Crippen LogP) is 3.42. The van der Waals surface area contributed by atoms with Gasteiger partial charge in [0.25, 0.3) is 0 Å². The van der Waals surface area contributed by atoms with E-state index in [1.165, 1.54) is 0 Å². The molecule has 3 nitrogen and oxygen atoms in total. The number of carbonyl (C=O) groups is 1. The van der Waals surface area contributed by atoms with Gasteiger partial charge >= 0.3 is 5.97 Å². The van der Waals surface area contributed by atoms with Gasteiger partial charge in [0, 0.05) is 23.7 Å². The zero-order chi connectivity index (χ0) is 15.4. The van der Waals surface area contributed by atoms with E-state index in [-0.39, 0.29) is 0 Å². The number of hydrogen-bond acceptors (Lipinski definition) is 3. The Kier molecular flexibility index (Phi) is 5.35. The van der Waals surface area contributed by atoms with Gasteiger partial charge in [-0.05, 0) is 29.2 Å². The standard InChI is InChI=1S/C16H16ClNO2S/c1-3-11-10-18(9-8-14(11)21-2)15(16(19)20)12-6-4-5-7-13(12)17/h1,4-7,15H,8-10H2,2H3,(H,19,20). The van der Waals surface area contributed by atoms with E-state index in [0.29, 0.717) is 23.7 Å². The Morgan fingerprint density at radius 2 is 2.24 bits per heavy atom. The lowest BCUT2D eigenvalue weighted by molar-refractivity contribution is -0.143. The monoisotopic (exact) mass is 321 g/mol. The van der Waals surface area contributed by atoms with E-state index in [2.05, 4.69) is 5.92 Å². The number of aliphatic carboxylic acids is 1. The van der Waals surface area contributed by atoms with Gasteiger partial charge in [-0.2, -0.15) is 0 Å². The maximum Gasteiger partial charge on any atom is 0.325 e. The van der Waals surface area contributed by atoms with Crippen LogP contribution in [0.2, 0.25) is 5.02 Å². The molecular formula is C16H16ClNO2S. The minimum Gasteiger partial charge on any atom is -0.480 e. The molecule has 110 valence electrons. The Balaban J connectivity index is 2.34. The second kappa shape index (κ2) is 7.04. The Hall–Kier alpha value is -1.41. The van der Waals surface area contributed by atoms with Crippen LogP contribution >= 0.6 is 23.4 Å².